The molecule has 1 rings (SSSR count). The summed E-state index contributed by atoms with van der Waals surface area (Å²) in [5.74, 6) is 0.445. The molecule has 0 aliphatic rings. The van der Waals surface area contributed by atoms with Gasteiger partial charge in [-0.15, -0.1) is 0 Å². The van der Waals surface area contributed by atoms with E-state index in [1.165, 1.54) is 6.07 Å². The number of aryl methyl sites for hydroxylation is 1. The highest BCUT2D eigenvalue weighted by Gasteiger charge is 2.16. The SMILES string of the molecule is COCC(CNC(C)(C)C)Oc1ccc(F)c(C)c1. The molecule has 4 heteroatoms. The molecule has 108 valence electrons. The number of hydrogen-bond donors (Lipinski definition) is 1. The summed E-state index contributed by atoms with van der Waals surface area (Å²) >= 11 is 0. The van der Waals surface area contributed by atoms with E-state index in [1.807, 2.05) is 0 Å². The first-order chi connectivity index (χ1) is 8.81. The number of nitrogens with one attached hydrogen (secondary N) is 1. The molecule has 0 heterocycles. The maximum Gasteiger partial charge on any atom is 0.134 e. The van der Waals surface area contributed by atoms with E-state index in [1.54, 1.807) is 26.2 Å². The maximum atomic E-state index is 13.2. The van der Waals surface area contributed by atoms with Crippen LogP contribution < -0.4 is 10.1 Å². The van der Waals surface area contributed by atoms with Gasteiger partial charge < -0.3 is 14.8 Å². The average molecular weight is 269 g/mol. The molecule has 0 radical (unpaired) electrons. The molecule has 0 aliphatic heterocycles. The number of benzene rings is 1. The Hall–Kier alpha value is -1.13. The Kier molecular flexibility index (Phi) is 5.76. The Morgan fingerprint density at radius 1 is 1.32 bits per heavy atom. The smallest absolute Gasteiger partial charge is 0.134 e. The lowest BCUT2D eigenvalue weighted by molar-refractivity contribution is 0.0764. The fourth-order valence-electron chi connectivity index (χ4n) is 1.62. The highest BCUT2D eigenvalue weighted by atomic mass is 19.1. The Labute approximate surface area is 115 Å². The van der Waals surface area contributed by atoms with Crippen LogP contribution in [-0.4, -0.2) is 31.9 Å². The molecule has 1 aromatic carbocycles. The third-order valence-electron chi connectivity index (χ3n) is 2.64. The minimum Gasteiger partial charge on any atom is -0.487 e. The fourth-order valence-corrected chi connectivity index (χ4v) is 1.62. The molecule has 0 amide bonds. The zero-order chi connectivity index (χ0) is 14.5. The zero-order valence-corrected chi connectivity index (χ0v) is 12.4. The number of rotatable bonds is 6. The van der Waals surface area contributed by atoms with Crippen molar-refractivity contribution in [1.29, 1.82) is 0 Å². The summed E-state index contributed by atoms with van der Waals surface area (Å²) in [7, 11) is 1.64. The summed E-state index contributed by atoms with van der Waals surface area (Å²) in [5, 5.41) is 3.37. The summed E-state index contributed by atoms with van der Waals surface area (Å²) in [5.41, 5.74) is 0.603. The van der Waals surface area contributed by atoms with Gasteiger partial charge in [0.25, 0.3) is 0 Å². The molecule has 0 aromatic heterocycles. The molecule has 0 aliphatic carbocycles. The molecule has 1 atom stereocenters. The van der Waals surface area contributed by atoms with Crippen LogP contribution in [0, 0.1) is 12.7 Å². The quantitative estimate of drug-likeness (QED) is 0.861. The summed E-state index contributed by atoms with van der Waals surface area (Å²) in [6.07, 6.45) is -0.103. The lowest BCUT2D eigenvalue weighted by Crippen LogP contribution is -2.44. The highest BCUT2D eigenvalue weighted by molar-refractivity contribution is 5.29. The number of methoxy groups -OCH3 is 1. The molecule has 3 nitrogen and oxygen atoms in total. The molecule has 19 heavy (non-hydrogen) atoms. The van der Waals surface area contributed by atoms with Gasteiger partial charge in [0, 0.05) is 19.2 Å². The monoisotopic (exact) mass is 269 g/mol. The van der Waals surface area contributed by atoms with Crippen LogP contribution >= 0.6 is 0 Å². The summed E-state index contributed by atoms with van der Waals surface area (Å²) in [6, 6.07) is 4.77. The van der Waals surface area contributed by atoms with Gasteiger partial charge in [-0.2, -0.15) is 0 Å². The number of ether oxygens (including phenoxy) is 2. The molecule has 0 saturated heterocycles. The maximum absolute atomic E-state index is 13.2. The van der Waals surface area contributed by atoms with Crippen molar-refractivity contribution in [2.24, 2.45) is 0 Å². The second-order valence-corrected chi connectivity index (χ2v) is 5.74. The average Bonchev–Trinajstić information content (AvgIpc) is 2.30. The van der Waals surface area contributed by atoms with Crippen molar-refractivity contribution in [3.8, 4) is 5.75 Å². The summed E-state index contributed by atoms with van der Waals surface area (Å²) in [4.78, 5) is 0. The minimum atomic E-state index is -0.219. The highest BCUT2D eigenvalue weighted by Crippen LogP contribution is 2.17. The lowest BCUT2D eigenvalue weighted by Gasteiger charge is -2.25. The van der Waals surface area contributed by atoms with Crippen molar-refractivity contribution in [3.63, 3.8) is 0 Å². The van der Waals surface area contributed by atoms with Crippen LogP contribution in [0.2, 0.25) is 0 Å². The molecular weight excluding hydrogens is 245 g/mol. The van der Waals surface area contributed by atoms with Crippen molar-refractivity contribution >= 4 is 0 Å². The van der Waals surface area contributed by atoms with Crippen LogP contribution in [0.3, 0.4) is 0 Å². The lowest BCUT2D eigenvalue weighted by atomic mass is 10.1. The van der Waals surface area contributed by atoms with Gasteiger partial charge in [0.15, 0.2) is 0 Å². The van der Waals surface area contributed by atoms with Crippen LogP contribution in [0.15, 0.2) is 18.2 Å². The predicted molar refractivity (Wildman–Crippen MR) is 75.2 cm³/mol. The fraction of sp³-hybridized carbons (Fsp3) is 0.600. The Bertz CT molecular complexity index is 402. The van der Waals surface area contributed by atoms with Gasteiger partial charge in [-0.25, -0.2) is 4.39 Å². The number of halogens is 1. The molecular formula is C15H24FNO2. The van der Waals surface area contributed by atoms with Crippen molar-refractivity contribution in [3.05, 3.63) is 29.6 Å². The molecule has 1 aromatic rings. The van der Waals surface area contributed by atoms with Crippen LogP contribution in [0.4, 0.5) is 4.39 Å². The van der Waals surface area contributed by atoms with Gasteiger partial charge >= 0.3 is 0 Å². The first kappa shape index (κ1) is 15.9. The minimum absolute atomic E-state index is 0.0219. The van der Waals surface area contributed by atoms with Crippen LogP contribution in [0.5, 0.6) is 5.75 Å². The van der Waals surface area contributed by atoms with Crippen molar-refractivity contribution < 1.29 is 13.9 Å². The Morgan fingerprint density at radius 2 is 2.00 bits per heavy atom. The first-order valence-corrected chi connectivity index (χ1v) is 6.48. The molecule has 0 spiro atoms. The van der Waals surface area contributed by atoms with E-state index in [0.717, 1.165) is 0 Å². The van der Waals surface area contributed by atoms with Crippen molar-refractivity contribution in [2.45, 2.75) is 39.3 Å². The normalized spacial score (nSPS) is 13.4. The second-order valence-electron chi connectivity index (χ2n) is 5.74. The number of hydrogen-bond acceptors (Lipinski definition) is 3. The topological polar surface area (TPSA) is 30.5 Å². The first-order valence-electron chi connectivity index (χ1n) is 6.48. The van der Waals surface area contributed by atoms with Gasteiger partial charge in [0.2, 0.25) is 0 Å². The largest absolute Gasteiger partial charge is 0.487 e. The Balaban J connectivity index is 2.64. The van der Waals surface area contributed by atoms with Gasteiger partial charge in [-0.05, 0) is 51.5 Å². The molecule has 0 bridgehead atoms. The van der Waals surface area contributed by atoms with Gasteiger partial charge in [0.1, 0.15) is 17.7 Å². The van der Waals surface area contributed by atoms with Gasteiger partial charge in [-0.1, -0.05) is 0 Å². The predicted octanol–water partition coefficient (Wildman–Crippen LogP) is 2.92. The standard InChI is InChI=1S/C15H24FNO2/c1-11-8-12(6-7-14(11)16)19-13(10-18-5)9-17-15(2,3)4/h6-8,13,17H,9-10H2,1-5H3. The van der Waals surface area contributed by atoms with Crippen LogP contribution in [0.1, 0.15) is 26.3 Å². The van der Waals surface area contributed by atoms with E-state index in [-0.39, 0.29) is 17.5 Å². The van der Waals surface area contributed by atoms with E-state index < -0.39 is 0 Å². The second kappa shape index (κ2) is 6.87. The van der Waals surface area contributed by atoms with E-state index in [9.17, 15) is 4.39 Å². The zero-order valence-electron chi connectivity index (χ0n) is 12.4. The third-order valence-corrected chi connectivity index (χ3v) is 2.64. The Morgan fingerprint density at radius 3 is 2.53 bits per heavy atom. The molecule has 0 saturated carbocycles. The van der Waals surface area contributed by atoms with E-state index in [2.05, 4.69) is 26.1 Å². The van der Waals surface area contributed by atoms with Crippen LogP contribution in [0.25, 0.3) is 0 Å². The van der Waals surface area contributed by atoms with E-state index >= 15 is 0 Å². The molecule has 1 unspecified atom stereocenters. The summed E-state index contributed by atoms with van der Waals surface area (Å²) < 4.78 is 24.2. The van der Waals surface area contributed by atoms with E-state index in [4.69, 9.17) is 9.47 Å². The van der Waals surface area contributed by atoms with E-state index in [0.29, 0.717) is 24.5 Å². The third kappa shape index (κ3) is 6.03. The van der Waals surface area contributed by atoms with Crippen molar-refractivity contribution in [2.75, 3.05) is 20.3 Å². The molecule has 1 N–H and O–H groups in total. The van der Waals surface area contributed by atoms with Gasteiger partial charge in [-0.3, -0.25) is 0 Å². The summed E-state index contributed by atoms with van der Waals surface area (Å²) in [6.45, 7) is 9.17. The van der Waals surface area contributed by atoms with Gasteiger partial charge in [0.05, 0.1) is 6.61 Å². The van der Waals surface area contributed by atoms with Crippen molar-refractivity contribution in [1.82, 2.24) is 5.32 Å². The van der Waals surface area contributed by atoms with Crippen LogP contribution in [-0.2, 0) is 4.74 Å². The molecule has 0 fully saturated rings.